The monoisotopic (exact) mass is 267 g/mol. The van der Waals surface area contributed by atoms with Crippen LogP contribution in [-0.2, 0) is 4.79 Å². The average Bonchev–Trinajstić information content (AvgIpc) is 2.74. The molecule has 0 radical (unpaired) electrons. The minimum atomic E-state index is -0.0510. The fourth-order valence-electron chi connectivity index (χ4n) is 2.20. The van der Waals surface area contributed by atoms with Crippen LogP contribution in [-0.4, -0.2) is 35.8 Å². The van der Waals surface area contributed by atoms with Crippen molar-refractivity contribution >= 4 is 28.8 Å². The molecule has 1 aromatic heterocycles. The Morgan fingerprint density at radius 2 is 2.33 bits per heavy atom. The number of carbonyl (C=O) groups excluding carboxylic acids is 2. The molecule has 5 nitrogen and oxygen atoms in total. The molecule has 0 bridgehead atoms. The van der Waals surface area contributed by atoms with Gasteiger partial charge in [-0.1, -0.05) is 0 Å². The summed E-state index contributed by atoms with van der Waals surface area (Å²) >= 11 is 1.36. The van der Waals surface area contributed by atoms with Crippen LogP contribution in [0.25, 0.3) is 0 Å². The number of anilines is 1. The van der Waals surface area contributed by atoms with Crippen LogP contribution in [0.2, 0.25) is 0 Å². The lowest BCUT2D eigenvalue weighted by Gasteiger charge is -2.32. The van der Waals surface area contributed by atoms with E-state index in [-0.39, 0.29) is 17.9 Å². The molecule has 1 aliphatic rings. The Morgan fingerprint density at radius 3 is 2.94 bits per heavy atom. The molecule has 2 rings (SSSR count). The number of hydrogen-bond donors (Lipinski definition) is 2. The van der Waals surface area contributed by atoms with E-state index < -0.39 is 0 Å². The fourth-order valence-corrected chi connectivity index (χ4v) is 2.99. The smallest absolute Gasteiger partial charge is 0.266 e. The molecule has 6 heteroatoms. The van der Waals surface area contributed by atoms with Crippen LogP contribution in [0.5, 0.6) is 0 Å². The number of carbonyl (C=O) groups is 2. The zero-order valence-corrected chi connectivity index (χ0v) is 11.1. The molecule has 1 fully saturated rings. The summed E-state index contributed by atoms with van der Waals surface area (Å²) in [6.45, 7) is 2.79. The summed E-state index contributed by atoms with van der Waals surface area (Å²) in [5.41, 5.74) is 6.29. The van der Waals surface area contributed by atoms with Gasteiger partial charge in [-0.2, -0.15) is 0 Å². The Balaban J connectivity index is 2.03. The van der Waals surface area contributed by atoms with Gasteiger partial charge in [-0.15, -0.1) is 11.3 Å². The summed E-state index contributed by atoms with van der Waals surface area (Å²) in [4.78, 5) is 25.7. The van der Waals surface area contributed by atoms with Crippen molar-refractivity contribution in [3.63, 3.8) is 0 Å². The van der Waals surface area contributed by atoms with Gasteiger partial charge in [0.1, 0.15) is 4.88 Å². The van der Waals surface area contributed by atoms with Gasteiger partial charge in [0.2, 0.25) is 5.91 Å². The van der Waals surface area contributed by atoms with Crippen molar-refractivity contribution in [1.82, 2.24) is 10.2 Å². The molecule has 98 valence electrons. The zero-order chi connectivity index (χ0) is 13.1. The second kappa shape index (κ2) is 5.39. The second-order valence-corrected chi connectivity index (χ2v) is 5.41. The fraction of sp³-hybridized carbons (Fsp3) is 0.500. The van der Waals surface area contributed by atoms with Gasteiger partial charge >= 0.3 is 0 Å². The van der Waals surface area contributed by atoms with Crippen LogP contribution >= 0.6 is 11.3 Å². The van der Waals surface area contributed by atoms with Crippen LogP contribution in [0.15, 0.2) is 11.4 Å². The lowest BCUT2D eigenvalue weighted by molar-refractivity contribution is -0.120. The first kappa shape index (κ1) is 12.9. The first-order valence-electron chi connectivity index (χ1n) is 5.97. The molecule has 0 spiro atoms. The highest BCUT2D eigenvalue weighted by Gasteiger charge is 2.26. The van der Waals surface area contributed by atoms with Crippen LogP contribution in [0.4, 0.5) is 5.69 Å². The van der Waals surface area contributed by atoms with Crippen molar-refractivity contribution in [2.75, 3.05) is 18.8 Å². The van der Waals surface area contributed by atoms with E-state index in [4.69, 9.17) is 5.73 Å². The summed E-state index contributed by atoms with van der Waals surface area (Å²) in [5.74, 6) is -0.0810. The Bertz CT molecular complexity index is 458. The molecule has 3 N–H and O–H groups in total. The lowest BCUT2D eigenvalue weighted by atomic mass is 10.1. The zero-order valence-electron chi connectivity index (χ0n) is 10.3. The van der Waals surface area contributed by atoms with E-state index in [0.717, 1.165) is 19.4 Å². The SMILES string of the molecule is CC(=O)NC1CCCN(C(=O)c2sccc2N)C1. The van der Waals surface area contributed by atoms with E-state index in [1.807, 2.05) is 5.38 Å². The molecular weight excluding hydrogens is 250 g/mol. The maximum Gasteiger partial charge on any atom is 0.266 e. The van der Waals surface area contributed by atoms with Crippen LogP contribution in [0.1, 0.15) is 29.4 Å². The van der Waals surface area contributed by atoms with Crippen molar-refractivity contribution in [2.45, 2.75) is 25.8 Å². The molecule has 1 aliphatic heterocycles. The van der Waals surface area contributed by atoms with E-state index in [0.29, 0.717) is 17.1 Å². The lowest BCUT2D eigenvalue weighted by Crippen LogP contribution is -2.49. The van der Waals surface area contributed by atoms with Crippen molar-refractivity contribution in [1.29, 1.82) is 0 Å². The highest BCUT2D eigenvalue weighted by Crippen LogP contribution is 2.22. The Kier molecular flexibility index (Phi) is 3.86. The third-order valence-electron chi connectivity index (χ3n) is 3.01. The van der Waals surface area contributed by atoms with E-state index in [2.05, 4.69) is 5.32 Å². The molecular formula is C12H17N3O2S. The normalized spacial score (nSPS) is 19.6. The second-order valence-electron chi connectivity index (χ2n) is 4.50. The number of piperidine rings is 1. The molecule has 18 heavy (non-hydrogen) atoms. The van der Waals surface area contributed by atoms with E-state index in [1.165, 1.54) is 18.3 Å². The summed E-state index contributed by atoms with van der Waals surface area (Å²) in [6, 6.07) is 1.80. The summed E-state index contributed by atoms with van der Waals surface area (Å²) in [6.07, 6.45) is 1.82. The van der Waals surface area contributed by atoms with E-state index in [1.54, 1.807) is 11.0 Å². The topological polar surface area (TPSA) is 75.4 Å². The van der Waals surface area contributed by atoms with Gasteiger partial charge in [0, 0.05) is 26.1 Å². The maximum atomic E-state index is 12.3. The predicted molar refractivity (Wildman–Crippen MR) is 71.5 cm³/mol. The molecule has 1 atom stereocenters. The number of nitrogens with zero attached hydrogens (tertiary/aromatic N) is 1. The maximum absolute atomic E-state index is 12.3. The third kappa shape index (κ3) is 2.81. The Labute approximate surface area is 110 Å². The molecule has 1 unspecified atom stereocenters. The van der Waals surface area contributed by atoms with Crippen molar-refractivity contribution in [3.8, 4) is 0 Å². The van der Waals surface area contributed by atoms with Gasteiger partial charge < -0.3 is 16.0 Å². The molecule has 0 saturated carbocycles. The highest BCUT2D eigenvalue weighted by atomic mass is 32.1. The predicted octanol–water partition coefficient (Wildman–Crippen LogP) is 1.07. The van der Waals surface area contributed by atoms with Gasteiger partial charge in [0.15, 0.2) is 0 Å². The molecule has 2 amide bonds. The number of hydrogen-bond acceptors (Lipinski definition) is 4. The van der Waals surface area contributed by atoms with Crippen LogP contribution < -0.4 is 11.1 Å². The quantitative estimate of drug-likeness (QED) is 0.841. The number of nitrogens with two attached hydrogens (primary N) is 1. The number of thiophene rings is 1. The van der Waals surface area contributed by atoms with Crippen LogP contribution in [0.3, 0.4) is 0 Å². The van der Waals surface area contributed by atoms with Crippen molar-refractivity contribution < 1.29 is 9.59 Å². The Morgan fingerprint density at radius 1 is 1.56 bits per heavy atom. The minimum absolute atomic E-state index is 0.0300. The van der Waals surface area contributed by atoms with E-state index >= 15 is 0 Å². The first-order chi connectivity index (χ1) is 8.58. The van der Waals surface area contributed by atoms with Gasteiger partial charge in [0.05, 0.1) is 5.69 Å². The standard InChI is InChI=1S/C12H17N3O2S/c1-8(16)14-9-3-2-5-15(7-9)12(17)11-10(13)4-6-18-11/h4,6,9H,2-3,5,7,13H2,1H3,(H,14,16). The molecule has 0 aliphatic carbocycles. The number of likely N-dealkylation sites (tertiary alicyclic amines) is 1. The number of amides is 2. The highest BCUT2D eigenvalue weighted by molar-refractivity contribution is 7.12. The summed E-state index contributed by atoms with van der Waals surface area (Å²) < 4.78 is 0. The molecule has 1 saturated heterocycles. The van der Waals surface area contributed by atoms with Gasteiger partial charge in [-0.05, 0) is 24.3 Å². The number of rotatable bonds is 2. The summed E-state index contributed by atoms with van der Waals surface area (Å²) in [7, 11) is 0. The van der Waals surface area contributed by atoms with Crippen molar-refractivity contribution in [2.24, 2.45) is 0 Å². The largest absolute Gasteiger partial charge is 0.397 e. The molecule has 1 aromatic rings. The number of nitrogens with one attached hydrogen (secondary N) is 1. The van der Waals surface area contributed by atoms with Gasteiger partial charge in [0.25, 0.3) is 5.91 Å². The first-order valence-corrected chi connectivity index (χ1v) is 6.85. The van der Waals surface area contributed by atoms with Gasteiger partial charge in [-0.3, -0.25) is 9.59 Å². The molecule has 0 aromatic carbocycles. The Hall–Kier alpha value is -1.56. The average molecular weight is 267 g/mol. The van der Waals surface area contributed by atoms with Crippen molar-refractivity contribution in [3.05, 3.63) is 16.3 Å². The molecule has 2 heterocycles. The van der Waals surface area contributed by atoms with E-state index in [9.17, 15) is 9.59 Å². The number of nitrogen functional groups attached to an aromatic ring is 1. The third-order valence-corrected chi connectivity index (χ3v) is 3.92. The summed E-state index contributed by atoms with van der Waals surface area (Å²) in [5, 5.41) is 4.68. The van der Waals surface area contributed by atoms with Crippen LogP contribution in [0, 0.1) is 0 Å². The van der Waals surface area contributed by atoms with Gasteiger partial charge in [-0.25, -0.2) is 0 Å². The minimum Gasteiger partial charge on any atom is -0.397 e.